The van der Waals surface area contributed by atoms with Gasteiger partial charge in [-0.2, -0.15) is 0 Å². The highest BCUT2D eigenvalue weighted by molar-refractivity contribution is 7.13. The van der Waals surface area contributed by atoms with Crippen molar-refractivity contribution in [2.24, 2.45) is 0 Å². The molecule has 120 valence electrons. The van der Waals surface area contributed by atoms with Gasteiger partial charge in [-0.15, -0.1) is 16.4 Å². The molecule has 3 rings (SSSR count). The predicted octanol–water partition coefficient (Wildman–Crippen LogP) is 3.22. The highest BCUT2D eigenvalue weighted by atomic mass is 32.1. The number of alkyl halides is 1. The topological polar surface area (TPSA) is 65.7 Å². The Bertz CT molecular complexity index is 773. The number of nitrogens with zero attached hydrogens (tertiary/aromatic N) is 5. The van der Waals surface area contributed by atoms with E-state index in [0.717, 1.165) is 22.7 Å². The minimum absolute atomic E-state index is 0.299. The van der Waals surface area contributed by atoms with Gasteiger partial charge in [0, 0.05) is 29.8 Å². The maximum atomic E-state index is 12.1. The van der Waals surface area contributed by atoms with Crippen LogP contribution in [-0.2, 0) is 6.54 Å². The molecule has 0 saturated carbocycles. The van der Waals surface area contributed by atoms with E-state index in [4.69, 9.17) is 4.74 Å². The molecule has 0 aliphatic heterocycles. The van der Waals surface area contributed by atoms with Crippen LogP contribution in [-0.4, -0.2) is 38.7 Å². The highest BCUT2D eigenvalue weighted by Gasteiger charge is 2.11. The zero-order chi connectivity index (χ0) is 16.1. The van der Waals surface area contributed by atoms with Crippen molar-refractivity contribution >= 4 is 11.3 Å². The number of methoxy groups -OCH3 is 1. The summed E-state index contributed by atoms with van der Waals surface area (Å²) in [5.74, 6) is 0.554. The van der Waals surface area contributed by atoms with Crippen LogP contribution in [0.25, 0.3) is 22.0 Å². The number of aryl methyl sites for hydroxylation is 1. The lowest BCUT2D eigenvalue weighted by Crippen LogP contribution is -1.98. The first-order valence-electron chi connectivity index (χ1n) is 7.22. The van der Waals surface area contributed by atoms with Crippen LogP contribution in [0.4, 0.5) is 4.39 Å². The van der Waals surface area contributed by atoms with Crippen LogP contribution in [0.5, 0.6) is 5.88 Å². The molecular formula is C15H16FN5OS. The number of rotatable bonds is 7. The summed E-state index contributed by atoms with van der Waals surface area (Å²) in [6.45, 7) is 0.363. The van der Waals surface area contributed by atoms with Crippen molar-refractivity contribution < 1.29 is 9.13 Å². The smallest absolute Gasteiger partial charge is 0.213 e. The molecule has 0 bridgehead atoms. The van der Waals surface area contributed by atoms with Crippen LogP contribution in [0.2, 0.25) is 0 Å². The third kappa shape index (κ3) is 3.70. The van der Waals surface area contributed by atoms with Gasteiger partial charge in [0.25, 0.3) is 0 Å². The van der Waals surface area contributed by atoms with E-state index in [9.17, 15) is 4.39 Å². The van der Waals surface area contributed by atoms with Crippen molar-refractivity contribution in [1.82, 2.24) is 25.0 Å². The van der Waals surface area contributed by atoms with Crippen molar-refractivity contribution in [2.45, 2.75) is 19.4 Å². The summed E-state index contributed by atoms with van der Waals surface area (Å²) in [7, 11) is 1.58. The zero-order valence-electron chi connectivity index (χ0n) is 12.6. The van der Waals surface area contributed by atoms with Gasteiger partial charge in [-0.1, -0.05) is 5.21 Å². The highest BCUT2D eigenvalue weighted by Crippen LogP contribution is 2.29. The van der Waals surface area contributed by atoms with E-state index in [-0.39, 0.29) is 6.67 Å². The monoisotopic (exact) mass is 333 g/mol. The average molecular weight is 333 g/mol. The molecule has 23 heavy (non-hydrogen) atoms. The number of thiazole rings is 1. The van der Waals surface area contributed by atoms with Crippen LogP contribution in [0.3, 0.4) is 0 Å². The SMILES string of the molecule is COc1cc(-c2nc(-c3cn(CCCCF)nn3)cs2)ccn1. The number of unbranched alkanes of at least 4 members (excludes halogenated alkanes) is 1. The number of ether oxygens (including phenoxy) is 1. The normalized spacial score (nSPS) is 10.9. The van der Waals surface area contributed by atoms with Crippen LogP contribution in [0, 0.1) is 0 Å². The minimum atomic E-state index is -0.299. The van der Waals surface area contributed by atoms with E-state index in [2.05, 4.69) is 20.3 Å². The zero-order valence-corrected chi connectivity index (χ0v) is 13.5. The van der Waals surface area contributed by atoms with Crippen molar-refractivity contribution in [3.05, 3.63) is 29.9 Å². The molecule has 0 fully saturated rings. The summed E-state index contributed by atoms with van der Waals surface area (Å²) < 4.78 is 19.0. The standard InChI is InChI=1S/C15H16FN5OS/c1-22-14-8-11(4-6-17-14)15-18-13(10-23-15)12-9-21(20-19-12)7-3-2-5-16/h4,6,8-10H,2-3,5,7H2,1H3. The van der Waals surface area contributed by atoms with Crippen LogP contribution >= 0.6 is 11.3 Å². The van der Waals surface area contributed by atoms with Gasteiger partial charge in [0.05, 0.1) is 20.0 Å². The molecule has 0 atom stereocenters. The molecule has 3 aromatic rings. The molecular weight excluding hydrogens is 317 g/mol. The van der Waals surface area contributed by atoms with Gasteiger partial charge in [0.1, 0.15) is 16.4 Å². The van der Waals surface area contributed by atoms with Crippen LogP contribution in [0.15, 0.2) is 29.9 Å². The van der Waals surface area contributed by atoms with Crippen molar-refractivity contribution in [2.75, 3.05) is 13.8 Å². The van der Waals surface area contributed by atoms with Crippen molar-refractivity contribution in [3.63, 3.8) is 0 Å². The van der Waals surface area contributed by atoms with Crippen molar-refractivity contribution in [1.29, 1.82) is 0 Å². The molecule has 0 amide bonds. The Morgan fingerprint density at radius 1 is 1.30 bits per heavy atom. The molecule has 0 unspecified atom stereocenters. The van der Waals surface area contributed by atoms with Gasteiger partial charge in [-0.25, -0.2) is 9.97 Å². The van der Waals surface area contributed by atoms with E-state index < -0.39 is 0 Å². The second-order valence-electron chi connectivity index (χ2n) is 4.89. The average Bonchev–Trinajstić information content (AvgIpc) is 3.24. The summed E-state index contributed by atoms with van der Waals surface area (Å²) in [6, 6.07) is 3.73. The van der Waals surface area contributed by atoms with Gasteiger partial charge in [0.15, 0.2) is 0 Å². The first-order chi connectivity index (χ1) is 11.3. The second-order valence-corrected chi connectivity index (χ2v) is 5.75. The second kappa shape index (κ2) is 7.28. The molecule has 3 heterocycles. The summed E-state index contributed by atoms with van der Waals surface area (Å²) in [5.41, 5.74) is 2.44. The lowest BCUT2D eigenvalue weighted by molar-refractivity contribution is 0.398. The van der Waals surface area contributed by atoms with E-state index in [0.29, 0.717) is 24.5 Å². The Morgan fingerprint density at radius 2 is 2.22 bits per heavy atom. The van der Waals surface area contributed by atoms with E-state index in [1.807, 2.05) is 23.7 Å². The molecule has 0 aliphatic rings. The Morgan fingerprint density at radius 3 is 3.04 bits per heavy atom. The lowest BCUT2D eigenvalue weighted by Gasteiger charge is -1.99. The summed E-state index contributed by atoms with van der Waals surface area (Å²) in [5, 5.41) is 11.0. The molecule has 0 aromatic carbocycles. The van der Waals surface area contributed by atoms with Gasteiger partial charge in [-0.05, 0) is 18.9 Å². The lowest BCUT2D eigenvalue weighted by atomic mass is 10.3. The van der Waals surface area contributed by atoms with Gasteiger partial charge >= 0.3 is 0 Å². The number of halogens is 1. The van der Waals surface area contributed by atoms with Crippen LogP contribution < -0.4 is 4.74 Å². The van der Waals surface area contributed by atoms with Gasteiger partial charge in [-0.3, -0.25) is 9.07 Å². The Hall–Kier alpha value is -2.35. The molecule has 0 spiro atoms. The van der Waals surface area contributed by atoms with Gasteiger partial charge in [0.2, 0.25) is 5.88 Å². The summed E-state index contributed by atoms with van der Waals surface area (Å²) in [4.78, 5) is 8.68. The molecule has 0 aliphatic carbocycles. The first-order valence-corrected chi connectivity index (χ1v) is 8.10. The van der Waals surface area contributed by atoms with E-state index in [1.54, 1.807) is 18.0 Å². The number of hydrogen-bond donors (Lipinski definition) is 0. The summed E-state index contributed by atoms with van der Waals surface area (Å²) >= 11 is 1.53. The molecule has 6 nitrogen and oxygen atoms in total. The maximum Gasteiger partial charge on any atom is 0.213 e. The minimum Gasteiger partial charge on any atom is -0.481 e. The molecule has 0 radical (unpaired) electrons. The van der Waals surface area contributed by atoms with E-state index >= 15 is 0 Å². The maximum absolute atomic E-state index is 12.1. The Labute approximate surface area is 137 Å². The number of hydrogen-bond acceptors (Lipinski definition) is 6. The Kier molecular flexibility index (Phi) is 4.92. The fourth-order valence-corrected chi connectivity index (χ4v) is 2.88. The molecule has 0 saturated heterocycles. The molecule has 0 N–H and O–H groups in total. The third-order valence-corrected chi connectivity index (χ3v) is 4.16. The fourth-order valence-electron chi connectivity index (χ4n) is 2.07. The molecule has 3 aromatic heterocycles. The first kappa shape index (κ1) is 15.5. The third-order valence-electron chi connectivity index (χ3n) is 3.27. The van der Waals surface area contributed by atoms with Gasteiger partial charge < -0.3 is 4.74 Å². The van der Waals surface area contributed by atoms with E-state index in [1.165, 1.54) is 11.3 Å². The summed E-state index contributed by atoms with van der Waals surface area (Å²) in [6.07, 6.45) is 4.82. The largest absolute Gasteiger partial charge is 0.481 e. The number of pyridine rings is 1. The quantitative estimate of drug-likeness (QED) is 0.621. The molecule has 8 heteroatoms. The van der Waals surface area contributed by atoms with Crippen molar-refractivity contribution in [3.8, 4) is 27.8 Å². The fraction of sp³-hybridized carbons (Fsp3) is 0.333. The number of aromatic nitrogens is 5. The van der Waals surface area contributed by atoms with Crippen LogP contribution in [0.1, 0.15) is 12.8 Å². The Balaban J connectivity index is 1.76. The predicted molar refractivity (Wildman–Crippen MR) is 86.1 cm³/mol.